The zero-order valence-electron chi connectivity index (χ0n) is 25.9. The Kier molecular flexibility index (Phi) is 9.56. The number of ether oxygens (including phenoxy) is 1. The van der Waals surface area contributed by atoms with E-state index < -0.39 is 18.1 Å². The fourth-order valence-corrected chi connectivity index (χ4v) is 6.91. The molecule has 0 saturated carbocycles. The van der Waals surface area contributed by atoms with Crippen molar-refractivity contribution in [2.75, 3.05) is 11.5 Å². The number of benzene rings is 4. The minimum atomic E-state index is -1.05. The molecule has 1 aliphatic heterocycles. The summed E-state index contributed by atoms with van der Waals surface area (Å²) in [6, 6.07) is 35.8. The first-order chi connectivity index (χ1) is 23.0. The van der Waals surface area contributed by atoms with Crippen molar-refractivity contribution in [3.05, 3.63) is 153 Å². The van der Waals surface area contributed by atoms with Crippen LogP contribution in [0.25, 0.3) is 0 Å². The zero-order valence-corrected chi connectivity index (χ0v) is 26.7. The molecule has 2 amide bonds. The van der Waals surface area contributed by atoms with Crippen LogP contribution in [0.4, 0.5) is 11.4 Å². The van der Waals surface area contributed by atoms with Crippen LogP contribution in [0.15, 0.2) is 121 Å². The summed E-state index contributed by atoms with van der Waals surface area (Å²) in [5.41, 5.74) is 4.39. The van der Waals surface area contributed by atoms with Gasteiger partial charge in [-0.1, -0.05) is 84.9 Å². The van der Waals surface area contributed by atoms with E-state index in [9.17, 15) is 10.1 Å². The molecule has 0 N–H and O–H groups in total. The van der Waals surface area contributed by atoms with Crippen molar-refractivity contribution in [3.8, 4) is 6.07 Å². The van der Waals surface area contributed by atoms with Crippen molar-refractivity contribution in [1.29, 1.82) is 5.26 Å². The number of thiophene rings is 1. The van der Waals surface area contributed by atoms with Crippen LogP contribution in [-0.2, 0) is 27.2 Å². The van der Waals surface area contributed by atoms with Gasteiger partial charge in [0.15, 0.2) is 0 Å². The summed E-state index contributed by atoms with van der Waals surface area (Å²) in [4.78, 5) is 47.6. The lowest BCUT2D eigenvalue weighted by Crippen LogP contribution is -2.43. The summed E-state index contributed by atoms with van der Waals surface area (Å²) < 4.78 is 5.39. The van der Waals surface area contributed by atoms with Crippen LogP contribution in [-0.4, -0.2) is 29.3 Å². The molecule has 5 aromatic rings. The molecule has 1 aromatic heterocycles. The molecule has 2 heterocycles. The molecule has 0 saturated heterocycles. The molecule has 1 aliphatic rings. The van der Waals surface area contributed by atoms with Gasteiger partial charge in [0.2, 0.25) is 0 Å². The van der Waals surface area contributed by atoms with Gasteiger partial charge in [0.25, 0.3) is 11.8 Å². The number of amides is 2. The van der Waals surface area contributed by atoms with Gasteiger partial charge in [-0.15, -0.1) is 11.3 Å². The Hall–Kier alpha value is -5.52. The van der Waals surface area contributed by atoms with E-state index in [0.29, 0.717) is 40.9 Å². The van der Waals surface area contributed by atoms with Crippen LogP contribution in [0.3, 0.4) is 0 Å². The number of esters is 1. The Bertz CT molecular complexity index is 1920. The maximum absolute atomic E-state index is 15.1. The van der Waals surface area contributed by atoms with Crippen LogP contribution in [0.1, 0.15) is 62.9 Å². The van der Waals surface area contributed by atoms with E-state index in [0.717, 1.165) is 16.0 Å². The van der Waals surface area contributed by atoms with Gasteiger partial charge in [-0.05, 0) is 66.8 Å². The van der Waals surface area contributed by atoms with E-state index in [1.807, 2.05) is 121 Å². The largest absolute Gasteiger partial charge is 0.466 e. The standard InChI is InChI=1S/C39H33N3O4S/c1-2-46-36(43)24-35(29-12-6-3-7-13-29)42-37(30-14-8-4-9-15-30)39(45)41(31-16-10-5-11-17-31)34-21-19-27(23-33(34)38(42)44)18-20-32-22-28(25-40)26-47-32/h3-17,19,21-23,26,35,37H,2,18,20,24H2,1H3. The van der Waals surface area contributed by atoms with Crippen LogP contribution >= 0.6 is 11.3 Å². The van der Waals surface area contributed by atoms with Crippen LogP contribution in [0.5, 0.6) is 0 Å². The van der Waals surface area contributed by atoms with Crippen molar-refractivity contribution in [2.24, 2.45) is 0 Å². The first kappa shape index (κ1) is 31.5. The molecular formula is C39H33N3O4S. The number of aryl methyl sites for hydroxylation is 2. The summed E-state index contributed by atoms with van der Waals surface area (Å²) in [7, 11) is 0. The first-order valence-electron chi connectivity index (χ1n) is 15.6. The highest BCUT2D eigenvalue weighted by Gasteiger charge is 2.45. The predicted octanol–water partition coefficient (Wildman–Crippen LogP) is 7.96. The number of rotatable bonds is 10. The lowest BCUT2D eigenvalue weighted by atomic mass is 9.95. The third-order valence-electron chi connectivity index (χ3n) is 8.26. The summed E-state index contributed by atoms with van der Waals surface area (Å²) in [6.07, 6.45) is 1.21. The molecule has 47 heavy (non-hydrogen) atoms. The minimum Gasteiger partial charge on any atom is -0.466 e. The number of para-hydroxylation sites is 1. The maximum Gasteiger partial charge on any atom is 0.308 e. The molecule has 0 aliphatic carbocycles. The van der Waals surface area contributed by atoms with Gasteiger partial charge in [-0.2, -0.15) is 5.26 Å². The number of nitriles is 1. The molecule has 234 valence electrons. The van der Waals surface area contributed by atoms with E-state index in [1.165, 1.54) is 11.3 Å². The fraction of sp³-hybridized carbons (Fsp3) is 0.179. The normalized spacial score (nSPS) is 15.0. The van der Waals surface area contributed by atoms with Gasteiger partial charge in [-0.3, -0.25) is 19.3 Å². The quantitative estimate of drug-likeness (QED) is 0.145. The molecule has 0 fully saturated rings. The number of fused-ring (bicyclic) bond motifs is 1. The molecule has 2 atom stereocenters. The van der Waals surface area contributed by atoms with Gasteiger partial charge in [0.05, 0.1) is 42.0 Å². The molecule has 4 aromatic carbocycles. The molecule has 2 unspecified atom stereocenters. The number of nitrogens with zero attached hydrogens (tertiary/aromatic N) is 3. The first-order valence-corrected chi connectivity index (χ1v) is 16.4. The number of anilines is 2. The van der Waals surface area contributed by atoms with E-state index in [-0.39, 0.29) is 24.8 Å². The SMILES string of the molecule is CCOC(=O)CC(c1ccccc1)N1C(=O)c2cc(CCc3cc(C#N)cs3)ccc2N(c2ccccc2)C(=O)C1c1ccccc1. The summed E-state index contributed by atoms with van der Waals surface area (Å²) in [5, 5.41) is 11.1. The van der Waals surface area contributed by atoms with Crippen molar-refractivity contribution in [2.45, 2.75) is 38.3 Å². The van der Waals surface area contributed by atoms with Crippen molar-refractivity contribution in [1.82, 2.24) is 4.90 Å². The summed E-state index contributed by atoms with van der Waals surface area (Å²) >= 11 is 1.54. The van der Waals surface area contributed by atoms with E-state index in [2.05, 4.69) is 6.07 Å². The monoisotopic (exact) mass is 639 g/mol. The smallest absolute Gasteiger partial charge is 0.308 e. The van der Waals surface area contributed by atoms with Gasteiger partial charge in [0, 0.05) is 15.9 Å². The number of carbonyl (C=O) groups excluding carboxylic acids is 3. The van der Waals surface area contributed by atoms with E-state index >= 15 is 9.59 Å². The molecule has 0 radical (unpaired) electrons. The average Bonchev–Trinajstić information content (AvgIpc) is 3.55. The second-order valence-corrected chi connectivity index (χ2v) is 12.2. The Morgan fingerprint density at radius 3 is 2.23 bits per heavy atom. The Morgan fingerprint density at radius 1 is 0.894 bits per heavy atom. The lowest BCUT2D eigenvalue weighted by Gasteiger charge is -2.37. The van der Waals surface area contributed by atoms with Gasteiger partial charge < -0.3 is 9.64 Å². The van der Waals surface area contributed by atoms with Gasteiger partial charge in [-0.25, -0.2) is 0 Å². The van der Waals surface area contributed by atoms with E-state index in [4.69, 9.17) is 4.74 Å². The van der Waals surface area contributed by atoms with Crippen LogP contribution in [0.2, 0.25) is 0 Å². The summed E-state index contributed by atoms with van der Waals surface area (Å²) in [6.45, 7) is 1.94. The van der Waals surface area contributed by atoms with Crippen LogP contribution < -0.4 is 4.90 Å². The van der Waals surface area contributed by atoms with Crippen molar-refractivity contribution in [3.63, 3.8) is 0 Å². The number of hydrogen-bond acceptors (Lipinski definition) is 6. The summed E-state index contributed by atoms with van der Waals surface area (Å²) in [5.74, 6) is -1.13. The highest BCUT2D eigenvalue weighted by molar-refractivity contribution is 7.10. The second kappa shape index (κ2) is 14.3. The van der Waals surface area contributed by atoms with Crippen molar-refractivity contribution >= 4 is 40.5 Å². The number of carbonyl (C=O) groups is 3. The topological polar surface area (TPSA) is 90.7 Å². The van der Waals surface area contributed by atoms with Gasteiger partial charge >= 0.3 is 5.97 Å². The highest BCUT2D eigenvalue weighted by Crippen LogP contribution is 2.43. The third kappa shape index (κ3) is 6.71. The maximum atomic E-state index is 15.1. The minimum absolute atomic E-state index is 0.125. The molecule has 6 rings (SSSR count). The molecule has 0 bridgehead atoms. The Balaban J connectivity index is 1.54. The molecule has 8 heteroatoms. The second-order valence-electron chi connectivity index (χ2n) is 11.2. The van der Waals surface area contributed by atoms with E-state index in [1.54, 1.807) is 16.7 Å². The zero-order chi connectivity index (χ0) is 32.8. The fourth-order valence-electron chi connectivity index (χ4n) is 6.09. The molecular weight excluding hydrogens is 607 g/mol. The Morgan fingerprint density at radius 2 is 1.57 bits per heavy atom. The molecule has 7 nitrogen and oxygen atoms in total. The lowest BCUT2D eigenvalue weighted by molar-refractivity contribution is -0.145. The molecule has 0 spiro atoms. The average molecular weight is 640 g/mol. The Labute approximate surface area is 278 Å². The van der Waals surface area contributed by atoms with Crippen LogP contribution in [0, 0.1) is 11.3 Å². The number of hydrogen-bond donors (Lipinski definition) is 0. The predicted molar refractivity (Wildman–Crippen MR) is 182 cm³/mol. The van der Waals surface area contributed by atoms with Gasteiger partial charge in [0.1, 0.15) is 6.04 Å². The third-order valence-corrected chi connectivity index (χ3v) is 9.25. The highest BCUT2D eigenvalue weighted by atomic mass is 32.1. The van der Waals surface area contributed by atoms with Crippen molar-refractivity contribution < 1.29 is 19.1 Å².